The second-order valence-electron chi connectivity index (χ2n) is 18.5. The molecular formula is C48H62Cl3N5O10. The summed E-state index contributed by atoms with van der Waals surface area (Å²) >= 11 is 12.2. The molecule has 3 N–H and O–H groups in total. The number of nitrogens with zero attached hydrogens (tertiary/aromatic N) is 2. The molecule has 2 aromatic carbocycles. The lowest BCUT2D eigenvalue weighted by atomic mass is 9.56. The summed E-state index contributed by atoms with van der Waals surface area (Å²) in [6.45, 7) is 8.45. The first kappa shape index (κ1) is 50.1. The van der Waals surface area contributed by atoms with E-state index in [2.05, 4.69) is 25.8 Å². The molecule has 66 heavy (non-hydrogen) atoms. The molecule has 10 rings (SSSR count). The summed E-state index contributed by atoms with van der Waals surface area (Å²) in [6, 6.07) is 12.7. The third kappa shape index (κ3) is 12.1. The van der Waals surface area contributed by atoms with Gasteiger partial charge < -0.3 is 29.6 Å². The van der Waals surface area contributed by atoms with Crippen LogP contribution in [0.15, 0.2) is 48.5 Å². The number of halogens is 3. The van der Waals surface area contributed by atoms with Crippen molar-refractivity contribution in [1.29, 1.82) is 0 Å². The topological polar surface area (TPSA) is 182 Å². The van der Waals surface area contributed by atoms with Gasteiger partial charge >= 0.3 is 11.9 Å². The van der Waals surface area contributed by atoms with Crippen molar-refractivity contribution in [3.8, 4) is 0 Å². The van der Waals surface area contributed by atoms with E-state index in [4.69, 9.17) is 42.1 Å². The fraction of sp³-hybridized carbons (Fsp3) is 0.625. The quantitative estimate of drug-likeness (QED) is 0.119. The van der Waals surface area contributed by atoms with Crippen molar-refractivity contribution in [2.75, 3.05) is 78.8 Å². The molecule has 6 saturated carbocycles. The first-order valence-corrected chi connectivity index (χ1v) is 24.2. The van der Waals surface area contributed by atoms with Crippen LogP contribution in [0, 0.1) is 47.3 Å². The highest BCUT2D eigenvalue weighted by atomic mass is 35.5. The van der Waals surface area contributed by atoms with Gasteiger partial charge in [0.25, 0.3) is 0 Å². The Hall–Kier alpha value is -3.83. The zero-order valence-corrected chi connectivity index (χ0v) is 39.5. The largest absolute Gasteiger partial charge is 0.458 e. The molecule has 6 aliphatic carbocycles. The first-order chi connectivity index (χ1) is 31.5. The molecule has 2 aliphatic heterocycles. The zero-order valence-electron chi connectivity index (χ0n) is 37.2. The van der Waals surface area contributed by atoms with Crippen molar-refractivity contribution < 1.29 is 47.7 Å². The molecule has 10 unspecified atom stereocenters. The molecule has 4 amide bonds. The van der Waals surface area contributed by atoms with Crippen LogP contribution in [0.2, 0.25) is 10.0 Å². The van der Waals surface area contributed by atoms with Crippen molar-refractivity contribution >= 4 is 71.2 Å². The maximum atomic E-state index is 14.9. The highest BCUT2D eigenvalue weighted by Gasteiger charge is 2.58. The second-order valence-corrected chi connectivity index (χ2v) is 19.4. The van der Waals surface area contributed by atoms with Gasteiger partial charge in [-0.2, -0.15) is 0 Å². The predicted octanol–water partition coefficient (Wildman–Crippen LogP) is 4.81. The first-order valence-electron chi connectivity index (χ1n) is 23.5. The van der Waals surface area contributed by atoms with Crippen molar-refractivity contribution in [3.63, 3.8) is 0 Å². The van der Waals surface area contributed by atoms with Crippen LogP contribution in [0.4, 0.5) is 0 Å². The molecule has 360 valence electrons. The number of fused-ring (bicyclic) bond motifs is 6. The van der Waals surface area contributed by atoms with Crippen molar-refractivity contribution in [2.45, 2.75) is 63.6 Å². The molecule has 15 nitrogen and oxygen atoms in total. The molecule has 10 atom stereocenters. The number of imide groups is 1. The lowest BCUT2D eigenvalue weighted by molar-refractivity contribution is -0.162. The maximum Gasteiger partial charge on any atom is 0.338 e. The van der Waals surface area contributed by atoms with Crippen molar-refractivity contribution in [3.05, 3.63) is 69.7 Å². The van der Waals surface area contributed by atoms with Crippen LogP contribution in [0.1, 0.15) is 72.1 Å². The van der Waals surface area contributed by atoms with Gasteiger partial charge in [0.15, 0.2) is 0 Å². The summed E-state index contributed by atoms with van der Waals surface area (Å²) < 4.78 is 23.1. The number of esters is 2. The second kappa shape index (κ2) is 23.5. The molecule has 2 saturated heterocycles. The van der Waals surface area contributed by atoms with Crippen molar-refractivity contribution in [1.82, 2.24) is 25.8 Å². The summed E-state index contributed by atoms with van der Waals surface area (Å²) in [4.78, 5) is 89.6. The van der Waals surface area contributed by atoms with Crippen LogP contribution in [-0.4, -0.2) is 136 Å². The van der Waals surface area contributed by atoms with Gasteiger partial charge in [-0.25, -0.2) is 9.59 Å². The van der Waals surface area contributed by atoms with E-state index in [-0.39, 0.29) is 36.1 Å². The zero-order chi connectivity index (χ0) is 45.5. The van der Waals surface area contributed by atoms with E-state index in [0.29, 0.717) is 112 Å². The van der Waals surface area contributed by atoms with Crippen LogP contribution in [-0.2, 0) is 38.1 Å². The van der Waals surface area contributed by atoms with Gasteiger partial charge in [-0.15, -0.1) is 12.4 Å². The molecule has 0 radical (unpaired) electrons. The van der Waals surface area contributed by atoms with Crippen molar-refractivity contribution in [2.24, 2.45) is 47.3 Å². The van der Waals surface area contributed by atoms with Gasteiger partial charge in [-0.3, -0.25) is 34.3 Å². The lowest BCUT2D eigenvalue weighted by Gasteiger charge is -2.51. The van der Waals surface area contributed by atoms with Gasteiger partial charge in [0.05, 0.1) is 61.2 Å². The smallest absolute Gasteiger partial charge is 0.338 e. The Morgan fingerprint density at radius 2 is 0.924 bits per heavy atom. The summed E-state index contributed by atoms with van der Waals surface area (Å²) in [5.74, 6) is -8.09. The van der Waals surface area contributed by atoms with E-state index in [0.717, 1.165) is 39.3 Å². The van der Waals surface area contributed by atoms with Gasteiger partial charge in [-0.1, -0.05) is 23.2 Å². The van der Waals surface area contributed by atoms with E-state index in [1.165, 1.54) is 0 Å². The Morgan fingerprint density at radius 1 is 0.545 bits per heavy atom. The number of carbonyl (C=O) groups is 6. The van der Waals surface area contributed by atoms with Crippen LogP contribution in [0.3, 0.4) is 0 Å². The highest BCUT2D eigenvalue weighted by molar-refractivity contribution is 6.31. The Labute approximate surface area is 402 Å². The minimum Gasteiger partial charge on any atom is -0.458 e. The molecule has 4 bridgehead atoms. The minimum absolute atomic E-state index is 0. The van der Waals surface area contributed by atoms with Crippen LogP contribution in [0.25, 0.3) is 0 Å². The van der Waals surface area contributed by atoms with Gasteiger partial charge in [0.1, 0.15) is 12.2 Å². The highest BCUT2D eigenvalue weighted by Crippen LogP contribution is 2.52. The molecular weight excluding hydrogens is 913 g/mol. The number of morpholine rings is 2. The average Bonchev–Trinajstić information content (AvgIpc) is 3.32. The number of hydrogen-bond acceptors (Lipinski definition) is 12. The number of carbonyl (C=O) groups excluding carboxylic acids is 6. The van der Waals surface area contributed by atoms with E-state index < -0.39 is 71.5 Å². The number of benzene rings is 2. The number of ether oxygens (including phenoxy) is 4. The van der Waals surface area contributed by atoms with Crippen LogP contribution >= 0.6 is 35.6 Å². The van der Waals surface area contributed by atoms with Crippen LogP contribution in [0.5, 0.6) is 0 Å². The predicted molar refractivity (Wildman–Crippen MR) is 247 cm³/mol. The van der Waals surface area contributed by atoms with E-state index >= 15 is 0 Å². The fourth-order valence-corrected chi connectivity index (χ4v) is 11.7. The summed E-state index contributed by atoms with van der Waals surface area (Å²) in [5.41, 5.74) is 0.622. The van der Waals surface area contributed by atoms with Crippen LogP contribution < -0.4 is 16.0 Å². The Morgan fingerprint density at radius 3 is 1.30 bits per heavy atom. The third-order valence-electron chi connectivity index (χ3n) is 14.7. The minimum atomic E-state index is -0.986. The summed E-state index contributed by atoms with van der Waals surface area (Å²) in [7, 11) is 0. The van der Waals surface area contributed by atoms with Gasteiger partial charge in [-0.05, 0) is 125 Å². The fourth-order valence-electron chi connectivity index (χ4n) is 11.5. The standard InChI is InChI=1S/C48H61Cl2N5O10.ClH/c49-33-9-3-29(4-10-33)47(60)64-37-27-31-7-13-35(37)41(39(31)43(56)51-15-1-17-54-19-23-62-24-20-54)45(58)53-46(59)42-36-14-8-32(28-38(36)65-48(61)30-5-11-34(50)12-6-30)40(42)44(57)52-16-2-18-55-21-25-63-26-22-55;/h3-6,9-12,31-32,35-42H,1-2,7-8,13-28H2,(H,51,56)(H,52,57)(H,53,58,59);1H. The monoisotopic (exact) mass is 973 g/mol. The number of rotatable bonds is 16. The molecule has 8 aliphatic rings. The summed E-state index contributed by atoms with van der Waals surface area (Å²) in [6.07, 6.45) is 3.22. The number of nitrogens with one attached hydrogen (secondary N) is 3. The maximum absolute atomic E-state index is 14.9. The lowest BCUT2D eigenvalue weighted by Crippen LogP contribution is -2.61. The average molecular weight is 975 g/mol. The van der Waals surface area contributed by atoms with Gasteiger partial charge in [0, 0.05) is 61.1 Å². The van der Waals surface area contributed by atoms with Gasteiger partial charge in [0.2, 0.25) is 23.6 Å². The van der Waals surface area contributed by atoms with E-state index in [9.17, 15) is 28.8 Å². The molecule has 0 aromatic heterocycles. The summed E-state index contributed by atoms with van der Waals surface area (Å²) in [5, 5.41) is 9.85. The van der Waals surface area contributed by atoms with E-state index in [1.807, 2.05) is 0 Å². The van der Waals surface area contributed by atoms with E-state index in [1.54, 1.807) is 48.5 Å². The SMILES string of the molecule is Cl.O=C(OC1CC2CCC1C(C(=O)NC(=O)C1C3CCC(CC3OC(=O)c3ccc(Cl)cc3)C1C(=O)NCCCN1CCOCC1)C2C(=O)NCCCN1CCOCC1)c1ccc(Cl)cc1. The molecule has 0 spiro atoms. The molecule has 8 fully saturated rings. The Kier molecular flexibility index (Phi) is 17.8. The normalized spacial score (nSPS) is 29.5. The number of hydrogen-bond donors (Lipinski definition) is 3. The molecule has 18 heteroatoms. The molecule has 2 heterocycles. The Balaban J connectivity index is 0.00000648. The molecule has 2 aromatic rings. The number of amides is 4. The third-order valence-corrected chi connectivity index (χ3v) is 15.2. The Bertz CT molecular complexity index is 1880.